The molecule has 96 valence electrons. The van der Waals surface area contributed by atoms with Gasteiger partial charge in [-0.05, 0) is 31.5 Å². The van der Waals surface area contributed by atoms with Crippen LogP contribution in [0.2, 0.25) is 0 Å². The van der Waals surface area contributed by atoms with Crippen LogP contribution in [-0.4, -0.2) is 32.4 Å². The number of rotatable bonds is 6. The molecule has 1 aromatic rings. The SMILES string of the molecule is CCNCc1ccc(S(=O)(=O)N(C)C2CC2)o1. The third-order valence-corrected chi connectivity index (χ3v) is 4.66. The van der Waals surface area contributed by atoms with Crippen LogP contribution < -0.4 is 5.32 Å². The molecule has 0 unspecified atom stereocenters. The predicted octanol–water partition coefficient (Wildman–Crippen LogP) is 1.17. The molecule has 1 N–H and O–H groups in total. The first kappa shape index (κ1) is 12.6. The van der Waals surface area contributed by atoms with Gasteiger partial charge in [-0.1, -0.05) is 6.92 Å². The Labute approximate surface area is 102 Å². The van der Waals surface area contributed by atoms with Crippen LogP contribution >= 0.6 is 0 Å². The molecule has 2 rings (SSSR count). The molecule has 1 fully saturated rings. The van der Waals surface area contributed by atoms with Gasteiger partial charge in [0.15, 0.2) is 0 Å². The van der Waals surface area contributed by atoms with Crippen molar-refractivity contribution in [2.75, 3.05) is 13.6 Å². The molecule has 0 bridgehead atoms. The first-order valence-corrected chi connectivity index (χ1v) is 7.27. The van der Waals surface area contributed by atoms with Crippen molar-refractivity contribution in [3.05, 3.63) is 17.9 Å². The highest BCUT2D eigenvalue weighted by molar-refractivity contribution is 7.89. The summed E-state index contributed by atoms with van der Waals surface area (Å²) in [6.07, 6.45) is 1.89. The minimum Gasteiger partial charge on any atom is -0.447 e. The molecule has 0 aromatic carbocycles. The van der Waals surface area contributed by atoms with Gasteiger partial charge < -0.3 is 9.73 Å². The summed E-state index contributed by atoms with van der Waals surface area (Å²) >= 11 is 0. The van der Waals surface area contributed by atoms with Gasteiger partial charge in [-0.25, -0.2) is 8.42 Å². The van der Waals surface area contributed by atoms with Crippen molar-refractivity contribution >= 4 is 10.0 Å². The fourth-order valence-corrected chi connectivity index (χ4v) is 2.96. The quantitative estimate of drug-likeness (QED) is 0.832. The maximum atomic E-state index is 12.1. The molecule has 1 saturated carbocycles. The van der Waals surface area contributed by atoms with E-state index in [2.05, 4.69) is 5.32 Å². The van der Waals surface area contributed by atoms with Gasteiger partial charge >= 0.3 is 0 Å². The Bertz CT molecular complexity index is 477. The molecule has 1 aromatic heterocycles. The third kappa shape index (κ3) is 2.70. The van der Waals surface area contributed by atoms with Crippen molar-refractivity contribution in [3.8, 4) is 0 Å². The largest absolute Gasteiger partial charge is 0.447 e. The monoisotopic (exact) mass is 258 g/mol. The van der Waals surface area contributed by atoms with E-state index < -0.39 is 10.0 Å². The molecule has 0 aliphatic heterocycles. The number of hydrogen-bond acceptors (Lipinski definition) is 4. The molecule has 6 heteroatoms. The summed E-state index contributed by atoms with van der Waals surface area (Å²) in [6, 6.07) is 3.39. The standard InChI is InChI=1S/C11H18N2O3S/c1-3-12-8-10-6-7-11(16-10)17(14,15)13(2)9-4-5-9/h6-7,9,12H,3-5,8H2,1-2H3. The van der Waals surface area contributed by atoms with Crippen molar-refractivity contribution in [1.82, 2.24) is 9.62 Å². The van der Waals surface area contributed by atoms with E-state index in [0.29, 0.717) is 12.3 Å². The van der Waals surface area contributed by atoms with Crippen LogP contribution in [0.15, 0.2) is 21.6 Å². The second-order valence-corrected chi connectivity index (χ2v) is 6.18. The fraction of sp³-hybridized carbons (Fsp3) is 0.636. The summed E-state index contributed by atoms with van der Waals surface area (Å²) in [7, 11) is -1.83. The van der Waals surface area contributed by atoms with Crippen molar-refractivity contribution in [2.45, 2.75) is 37.4 Å². The lowest BCUT2D eigenvalue weighted by molar-refractivity contribution is 0.379. The highest BCUT2D eigenvalue weighted by Gasteiger charge is 2.36. The fourth-order valence-electron chi connectivity index (χ4n) is 1.62. The van der Waals surface area contributed by atoms with Crippen LogP contribution in [0, 0.1) is 0 Å². The molecule has 0 amide bonds. The Hall–Kier alpha value is -0.850. The Morgan fingerprint density at radius 1 is 1.47 bits per heavy atom. The van der Waals surface area contributed by atoms with Crippen molar-refractivity contribution in [2.24, 2.45) is 0 Å². The van der Waals surface area contributed by atoms with Crippen LogP contribution in [0.25, 0.3) is 0 Å². The summed E-state index contributed by atoms with van der Waals surface area (Å²) in [5, 5.41) is 3.13. The Morgan fingerprint density at radius 3 is 2.76 bits per heavy atom. The second kappa shape index (κ2) is 4.80. The van der Waals surface area contributed by atoms with Crippen LogP contribution in [0.3, 0.4) is 0 Å². The highest BCUT2D eigenvalue weighted by atomic mass is 32.2. The van der Waals surface area contributed by atoms with E-state index in [1.54, 1.807) is 13.1 Å². The molecule has 1 aliphatic rings. The topological polar surface area (TPSA) is 62.6 Å². The molecule has 17 heavy (non-hydrogen) atoms. The van der Waals surface area contributed by atoms with Crippen LogP contribution in [0.5, 0.6) is 0 Å². The van der Waals surface area contributed by atoms with Crippen LogP contribution in [-0.2, 0) is 16.6 Å². The smallest absolute Gasteiger partial charge is 0.276 e. The average Bonchev–Trinajstić information content (AvgIpc) is 3.03. The maximum absolute atomic E-state index is 12.1. The molecule has 0 atom stereocenters. The van der Waals surface area contributed by atoms with Crippen molar-refractivity contribution in [3.63, 3.8) is 0 Å². The van der Waals surface area contributed by atoms with E-state index in [9.17, 15) is 8.42 Å². The molecular formula is C11H18N2O3S. The predicted molar refractivity (Wildman–Crippen MR) is 64.1 cm³/mol. The Morgan fingerprint density at radius 2 is 2.18 bits per heavy atom. The molecule has 0 radical (unpaired) electrons. The van der Waals surface area contributed by atoms with Gasteiger partial charge in [0, 0.05) is 13.1 Å². The number of nitrogens with zero attached hydrogens (tertiary/aromatic N) is 1. The minimum absolute atomic E-state index is 0.0415. The summed E-state index contributed by atoms with van der Waals surface area (Å²) < 4.78 is 31.0. The molecule has 0 spiro atoms. The van der Waals surface area contributed by atoms with Gasteiger partial charge in [0.25, 0.3) is 10.0 Å². The molecule has 0 saturated heterocycles. The zero-order valence-corrected chi connectivity index (χ0v) is 11.0. The summed E-state index contributed by atoms with van der Waals surface area (Å²) in [4.78, 5) is 0. The Kier molecular flexibility index (Phi) is 3.56. The molecular weight excluding hydrogens is 240 g/mol. The van der Waals surface area contributed by atoms with E-state index in [4.69, 9.17) is 4.42 Å². The zero-order valence-electron chi connectivity index (χ0n) is 10.1. The highest BCUT2D eigenvalue weighted by Crippen LogP contribution is 2.30. The maximum Gasteiger partial charge on any atom is 0.276 e. The zero-order chi connectivity index (χ0) is 12.5. The van der Waals surface area contributed by atoms with E-state index in [1.165, 1.54) is 10.4 Å². The first-order chi connectivity index (χ1) is 8.05. The number of nitrogens with one attached hydrogen (secondary N) is 1. The van der Waals surface area contributed by atoms with Gasteiger partial charge in [0.1, 0.15) is 5.76 Å². The lowest BCUT2D eigenvalue weighted by Crippen LogP contribution is -2.28. The summed E-state index contributed by atoms with van der Waals surface area (Å²) in [6.45, 7) is 3.37. The lowest BCUT2D eigenvalue weighted by atomic mass is 10.4. The molecule has 1 heterocycles. The third-order valence-electron chi connectivity index (χ3n) is 2.88. The summed E-state index contributed by atoms with van der Waals surface area (Å²) in [5.41, 5.74) is 0. The minimum atomic E-state index is -3.44. The van der Waals surface area contributed by atoms with E-state index in [0.717, 1.165) is 19.4 Å². The van der Waals surface area contributed by atoms with Gasteiger partial charge in [-0.3, -0.25) is 0 Å². The van der Waals surface area contributed by atoms with Gasteiger partial charge in [-0.15, -0.1) is 0 Å². The second-order valence-electron chi connectivity index (χ2n) is 4.25. The first-order valence-electron chi connectivity index (χ1n) is 5.83. The van der Waals surface area contributed by atoms with Crippen LogP contribution in [0.4, 0.5) is 0 Å². The van der Waals surface area contributed by atoms with Gasteiger partial charge in [0.05, 0.1) is 6.54 Å². The van der Waals surface area contributed by atoms with Crippen molar-refractivity contribution in [1.29, 1.82) is 0 Å². The normalized spacial score (nSPS) is 16.6. The van der Waals surface area contributed by atoms with Gasteiger partial charge in [-0.2, -0.15) is 4.31 Å². The molecule has 1 aliphatic carbocycles. The Balaban J connectivity index is 2.12. The summed E-state index contributed by atoms with van der Waals surface area (Å²) in [5.74, 6) is 0.648. The number of furan rings is 1. The average molecular weight is 258 g/mol. The number of sulfonamides is 1. The van der Waals surface area contributed by atoms with Crippen molar-refractivity contribution < 1.29 is 12.8 Å². The van der Waals surface area contributed by atoms with E-state index >= 15 is 0 Å². The van der Waals surface area contributed by atoms with E-state index in [1.807, 2.05) is 6.92 Å². The van der Waals surface area contributed by atoms with Gasteiger partial charge in [0.2, 0.25) is 5.09 Å². The van der Waals surface area contributed by atoms with E-state index in [-0.39, 0.29) is 11.1 Å². The molecule has 5 nitrogen and oxygen atoms in total. The van der Waals surface area contributed by atoms with Crippen LogP contribution in [0.1, 0.15) is 25.5 Å². The lowest BCUT2D eigenvalue weighted by Gasteiger charge is -2.13. The number of hydrogen-bond donors (Lipinski definition) is 1.